The monoisotopic (exact) mass is 157 g/mol. The van der Waals surface area contributed by atoms with Gasteiger partial charge in [-0.05, 0) is 12.5 Å². The molecule has 1 unspecified atom stereocenters. The van der Waals surface area contributed by atoms with Crippen LogP contribution in [0.2, 0.25) is 0 Å². The van der Waals surface area contributed by atoms with E-state index >= 15 is 0 Å². The minimum atomic E-state index is -0.230. The van der Waals surface area contributed by atoms with Gasteiger partial charge in [0.15, 0.2) is 0 Å². The number of rotatable bonds is 2. The first-order valence-corrected chi connectivity index (χ1v) is 3.59. The maximum absolute atomic E-state index is 12.6. The van der Waals surface area contributed by atoms with E-state index in [-0.39, 0.29) is 11.7 Å². The van der Waals surface area contributed by atoms with Crippen LogP contribution in [-0.2, 0) is 4.74 Å². The van der Waals surface area contributed by atoms with Crippen molar-refractivity contribution in [2.75, 3.05) is 13.7 Å². The number of hydrogen-bond acceptors (Lipinski definition) is 2. The summed E-state index contributed by atoms with van der Waals surface area (Å²) in [6.07, 6.45) is 3.56. The van der Waals surface area contributed by atoms with Crippen molar-refractivity contribution in [3.05, 3.63) is 23.7 Å². The Morgan fingerprint density at radius 3 is 3.09 bits per heavy atom. The summed E-state index contributed by atoms with van der Waals surface area (Å²) >= 11 is 0. The highest BCUT2D eigenvalue weighted by molar-refractivity contribution is 5.21. The summed E-state index contributed by atoms with van der Waals surface area (Å²) < 4.78 is 17.6. The van der Waals surface area contributed by atoms with E-state index in [1.165, 1.54) is 19.3 Å². The predicted octanol–water partition coefficient (Wildman–Crippen LogP) is 1.35. The molecule has 1 aliphatic rings. The van der Waals surface area contributed by atoms with Gasteiger partial charge in [-0.25, -0.2) is 4.39 Å². The molecule has 0 aromatic heterocycles. The van der Waals surface area contributed by atoms with E-state index in [1.807, 2.05) is 0 Å². The Labute approximate surface area is 65.5 Å². The van der Waals surface area contributed by atoms with Gasteiger partial charge >= 0.3 is 0 Å². The third kappa shape index (κ3) is 1.80. The second-order valence-corrected chi connectivity index (χ2v) is 2.51. The van der Waals surface area contributed by atoms with Gasteiger partial charge < -0.3 is 10.5 Å². The van der Waals surface area contributed by atoms with Gasteiger partial charge in [0.1, 0.15) is 11.6 Å². The van der Waals surface area contributed by atoms with Crippen LogP contribution in [0.15, 0.2) is 23.7 Å². The molecule has 0 bridgehead atoms. The van der Waals surface area contributed by atoms with E-state index in [2.05, 4.69) is 0 Å². The van der Waals surface area contributed by atoms with Gasteiger partial charge in [0.2, 0.25) is 0 Å². The molecule has 2 N–H and O–H groups in total. The lowest BCUT2D eigenvalue weighted by molar-refractivity contribution is 0.239. The lowest BCUT2D eigenvalue weighted by atomic mass is 9.98. The van der Waals surface area contributed by atoms with Crippen LogP contribution in [0.3, 0.4) is 0 Å². The summed E-state index contributed by atoms with van der Waals surface area (Å²) in [5.74, 6) is 0.568. The molecule has 0 amide bonds. The summed E-state index contributed by atoms with van der Waals surface area (Å²) in [5, 5.41) is 0. The van der Waals surface area contributed by atoms with E-state index < -0.39 is 0 Å². The van der Waals surface area contributed by atoms with Crippen LogP contribution in [0.25, 0.3) is 0 Å². The van der Waals surface area contributed by atoms with E-state index in [4.69, 9.17) is 10.5 Å². The summed E-state index contributed by atoms with van der Waals surface area (Å²) in [4.78, 5) is 0. The second-order valence-electron chi connectivity index (χ2n) is 2.51. The molecule has 1 rings (SSSR count). The standard InChI is InChI=1S/C8H12FNO/c1-11-8-4-7(9)3-2-6(8)5-10/h3-4,6H,2,5,10H2,1H3. The van der Waals surface area contributed by atoms with Gasteiger partial charge in [0.25, 0.3) is 0 Å². The Hall–Kier alpha value is -0.830. The largest absolute Gasteiger partial charge is 0.501 e. The normalized spacial score (nSPS) is 24.1. The molecule has 1 atom stereocenters. The number of hydrogen-bond donors (Lipinski definition) is 1. The topological polar surface area (TPSA) is 35.2 Å². The van der Waals surface area contributed by atoms with Crippen LogP contribution in [0.5, 0.6) is 0 Å². The predicted molar refractivity (Wildman–Crippen MR) is 41.4 cm³/mol. The van der Waals surface area contributed by atoms with Crippen molar-refractivity contribution in [3.63, 3.8) is 0 Å². The summed E-state index contributed by atoms with van der Waals surface area (Å²) in [5.41, 5.74) is 5.44. The zero-order chi connectivity index (χ0) is 8.27. The molecule has 0 aliphatic heterocycles. The number of ether oxygens (including phenoxy) is 1. The summed E-state index contributed by atoms with van der Waals surface area (Å²) in [6.45, 7) is 0.503. The molecule has 0 fully saturated rings. The maximum atomic E-state index is 12.6. The van der Waals surface area contributed by atoms with Gasteiger partial charge in [0, 0.05) is 18.5 Å². The summed E-state index contributed by atoms with van der Waals surface area (Å²) in [6, 6.07) is 0. The molecule has 11 heavy (non-hydrogen) atoms. The molecule has 0 saturated heterocycles. The highest BCUT2D eigenvalue weighted by Gasteiger charge is 2.16. The molecule has 62 valence electrons. The number of nitrogens with two attached hydrogens (primary N) is 1. The molecular weight excluding hydrogens is 145 g/mol. The van der Waals surface area contributed by atoms with Crippen molar-refractivity contribution < 1.29 is 9.13 Å². The van der Waals surface area contributed by atoms with Gasteiger partial charge in [-0.15, -0.1) is 0 Å². The Bertz CT molecular complexity index is 198. The van der Waals surface area contributed by atoms with Gasteiger partial charge in [-0.1, -0.05) is 0 Å². The highest BCUT2D eigenvalue weighted by Crippen LogP contribution is 2.23. The molecule has 2 nitrogen and oxygen atoms in total. The Morgan fingerprint density at radius 2 is 2.55 bits per heavy atom. The van der Waals surface area contributed by atoms with Crippen LogP contribution in [-0.4, -0.2) is 13.7 Å². The molecule has 0 heterocycles. The van der Waals surface area contributed by atoms with E-state index in [0.29, 0.717) is 18.7 Å². The molecule has 3 heteroatoms. The van der Waals surface area contributed by atoms with Crippen molar-refractivity contribution in [2.45, 2.75) is 6.42 Å². The molecule has 1 aliphatic carbocycles. The van der Waals surface area contributed by atoms with Crippen molar-refractivity contribution in [3.8, 4) is 0 Å². The first-order chi connectivity index (χ1) is 5.27. The fourth-order valence-electron chi connectivity index (χ4n) is 1.12. The van der Waals surface area contributed by atoms with E-state index in [9.17, 15) is 4.39 Å². The molecule has 0 aromatic carbocycles. The highest BCUT2D eigenvalue weighted by atomic mass is 19.1. The molecule has 0 spiro atoms. The molecular formula is C8H12FNO. The second kappa shape index (κ2) is 3.53. The summed E-state index contributed by atoms with van der Waals surface area (Å²) in [7, 11) is 1.53. The Kier molecular flexibility index (Phi) is 2.65. The van der Waals surface area contributed by atoms with E-state index in [1.54, 1.807) is 0 Å². The van der Waals surface area contributed by atoms with Crippen molar-refractivity contribution >= 4 is 0 Å². The average Bonchev–Trinajstić information content (AvgIpc) is 2.04. The fraction of sp³-hybridized carbons (Fsp3) is 0.500. The van der Waals surface area contributed by atoms with Gasteiger partial charge in [-0.3, -0.25) is 0 Å². The van der Waals surface area contributed by atoms with Crippen LogP contribution in [0.4, 0.5) is 4.39 Å². The fourth-order valence-corrected chi connectivity index (χ4v) is 1.12. The number of halogens is 1. The lowest BCUT2D eigenvalue weighted by Gasteiger charge is -2.18. The number of methoxy groups -OCH3 is 1. The Morgan fingerprint density at radius 1 is 1.82 bits per heavy atom. The zero-order valence-electron chi connectivity index (χ0n) is 6.51. The zero-order valence-corrected chi connectivity index (χ0v) is 6.51. The SMILES string of the molecule is COC1=CC(F)=CCC1CN. The molecule has 0 radical (unpaired) electrons. The van der Waals surface area contributed by atoms with Crippen molar-refractivity contribution in [2.24, 2.45) is 11.7 Å². The van der Waals surface area contributed by atoms with Crippen molar-refractivity contribution in [1.29, 1.82) is 0 Å². The van der Waals surface area contributed by atoms with Crippen LogP contribution in [0.1, 0.15) is 6.42 Å². The smallest absolute Gasteiger partial charge is 0.122 e. The molecule has 0 saturated carbocycles. The van der Waals surface area contributed by atoms with Gasteiger partial charge in [-0.2, -0.15) is 0 Å². The van der Waals surface area contributed by atoms with Gasteiger partial charge in [0.05, 0.1) is 7.11 Å². The average molecular weight is 157 g/mol. The minimum Gasteiger partial charge on any atom is -0.501 e. The third-order valence-corrected chi connectivity index (χ3v) is 1.80. The Balaban J connectivity index is 2.71. The number of allylic oxidation sites excluding steroid dienone is 3. The first-order valence-electron chi connectivity index (χ1n) is 3.59. The van der Waals surface area contributed by atoms with Crippen LogP contribution >= 0.6 is 0 Å². The van der Waals surface area contributed by atoms with Crippen LogP contribution < -0.4 is 5.73 Å². The lowest BCUT2D eigenvalue weighted by Crippen LogP contribution is -2.18. The third-order valence-electron chi connectivity index (χ3n) is 1.80. The first kappa shape index (κ1) is 8.27. The molecule has 0 aromatic rings. The van der Waals surface area contributed by atoms with E-state index in [0.717, 1.165) is 0 Å². The maximum Gasteiger partial charge on any atom is 0.122 e. The quantitative estimate of drug-likeness (QED) is 0.656. The minimum absolute atomic E-state index is 0.152. The van der Waals surface area contributed by atoms with Crippen LogP contribution in [0, 0.1) is 5.92 Å². The van der Waals surface area contributed by atoms with Crippen molar-refractivity contribution in [1.82, 2.24) is 0 Å².